The second kappa shape index (κ2) is 3.95. The Bertz CT molecular complexity index is 547. The van der Waals surface area contributed by atoms with Crippen molar-refractivity contribution in [3.8, 4) is 5.69 Å². The lowest BCUT2D eigenvalue weighted by atomic mass is 9.89. The SMILES string of the molecule is Cc1ccnn1-c1ccc(C2(C(C)N)CC2)cc1. The van der Waals surface area contributed by atoms with E-state index >= 15 is 0 Å². The van der Waals surface area contributed by atoms with E-state index in [4.69, 9.17) is 5.73 Å². The van der Waals surface area contributed by atoms with E-state index < -0.39 is 0 Å². The highest BCUT2D eigenvalue weighted by atomic mass is 15.3. The minimum Gasteiger partial charge on any atom is -0.327 e. The van der Waals surface area contributed by atoms with Gasteiger partial charge in [0.1, 0.15) is 0 Å². The van der Waals surface area contributed by atoms with Gasteiger partial charge in [0.05, 0.1) is 5.69 Å². The first kappa shape index (κ1) is 11.5. The minimum atomic E-state index is 0.231. The highest BCUT2D eigenvalue weighted by Crippen LogP contribution is 2.50. The van der Waals surface area contributed by atoms with Gasteiger partial charge < -0.3 is 5.73 Å². The molecule has 2 N–H and O–H groups in total. The van der Waals surface area contributed by atoms with Gasteiger partial charge in [-0.05, 0) is 50.5 Å². The third kappa shape index (κ3) is 1.66. The van der Waals surface area contributed by atoms with Crippen molar-refractivity contribution >= 4 is 0 Å². The fraction of sp³-hybridized carbons (Fsp3) is 0.400. The Hall–Kier alpha value is -1.61. The molecular formula is C15H19N3. The molecule has 18 heavy (non-hydrogen) atoms. The van der Waals surface area contributed by atoms with Gasteiger partial charge >= 0.3 is 0 Å². The summed E-state index contributed by atoms with van der Waals surface area (Å²) in [6.45, 7) is 4.17. The van der Waals surface area contributed by atoms with Crippen LogP contribution in [0.1, 0.15) is 31.0 Å². The van der Waals surface area contributed by atoms with Crippen molar-refractivity contribution < 1.29 is 0 Å². The molecule has 1 heterocycles. The van der Waals surface area contributed by atoms with E-state index in [2.05, 4.69) is 43.2 Å². The smallest absolute Gasteiger partial charge is 0.0648 e. The van der Waals surface area contributed by atoms with Gasteiger partial charge in [-0.3, -0.25) is 0 Å². The lowest BCUT2D eigenvalue weighted by Gasteiger charge is -2.20. The Morgan fingerprint density at radius 1 is 1.22 bits per heavy atom. The van der Waals surface area contributed by atoms with Gasteiger partial charge in [-0.15, -0.1) is 0 Å². The van der Waals surface area contributed by atoms with Crippen molar-refractivity contribution in [1.82, 2.24) is 9.78 Å². The van der Waals surface area contributed by atoms with Crippen LogP contribution in [0.4, 0.5) is 0 Å². The zero-order valence-electron chi connectivity index (χ0n) is 10.9. The molecule has 1 aromatic heterocycles. The molecule has 3 rings (SSSR count). The third-order valence-electron chi connectivity index (χ3n) is 4.18. The van der Waals surface area contributed by atoms with Crippen molar-refractivity contribution in [1.29, 1.82) is 0 Å². The molecule has 1 aliphatic carbocycles. The monoisotopic (exact) mass is 241 g/mol. The standard InChI is InChI=1S/C15H19N3/c1-11-7-10-17-18(11)14-5-3-13(4-6-14)15(8-9-15)12(2)16/h3-7,10,12H,8-9,16H2,1-2H3. The van der Waals surface area contributed by atoms with Gasteiger partial charge in [-0.1, -0.05) is 12.1 Å². The fourth-order valence-corrected chi connectivity index (χ4v) is 2.72. The number of nitrogens with zero attached hydrogens (tertiary/aromatic N) is 2. The van der Waals surface area contributed by atoms with Crippen LogP contribution in [0.5, 0.6) is 0 Å². The Morgan fingerprint density at radius 2 is 1.89 bits per heavy atom. The Labute approximate surface area is 108 Å². The summed E-state index contributed by atoms with van der Waals surface area (Å²) in [6.07, 6.45) is 4.25. The highest BCUT2D eigenvalue weighted by molar-refractivity contribution is 5.41. The second-order valence-electron chi connectivity index (χ2n) is 5.38. The number of benzene rings is 1. The summed E-state index contributed by atoms with van der Waals surface area (Å²) >= 11 is 0. The van der Waals surface area contributed by atoms with E-state index in [9.17, 15) is 0 Å². The third-order valence-corrected chi connectivity index (χ3v) is 4.18. The number of hydrogen-bond acceptors (Lipinski definition) is 2. The summed E-state index contributed by atoms with van der Waals surface area (Å²) in [5.41, 5.74) is 9.97. The molecule has 1 unspecified atom stereocenters. The lowest BCUT2D eigenvalue weighted by Crippen LogP contribution is -2.31. The minimum absolute atomic E-state index is 0.231. The molecule has 3 heteroatoms. The first-order valence-corrected chi connectivity index (χ1v) is 6.51. The Balaban J connectivity index is 1.93. The lowest BCUT2D eigenvalue weighted by molar-refractivity contribution is 0.556. The summed E-state index contributed by atoms with van der Waals surface area (Å²) in [7, 11) is 0. The number of hydrogen-bond donors (Lipinski definition) is 1. The normalized spacial score (nSPS) is 18.6. The maximum absolute atomic E-state index is 6.10. The van der Waals surface area contributed by atoms with Gasteiger partial charge in [0.15, 0.2) is 0 Å². The average molecular weight is 241 g/mol. The van der Waals surface area contributed by atoms with E-state index in [0.29, 0.717) is 0 Å². The van der Waals surface area contributed by atoms with Crippen LogP contribution in [0, 0.1) is 6.92 Å². The van der Waals surface area contributed by atoms with Gasteiger partial charge in [-0.2, -0.15) is 5.10 Å². The quantitative estimate of drug-likeness (QED) is 0.897. The number of aryl methyl sites for hydroxylation is 1. The number of aromatic nitrogens is 2. The molecule has 0 radical (unpaired) electrons. The van der Waals surface area contributed by atoms with Crippen LogP contribution in [0.3, 0.4) is 0 Å². The zero-order valence-corrected chi connectivity index (χ0v) is 10.9. The molecule has 94 valence electrons. The Kier molecular flexibility index (Phi) is 2.52. The Morgan fingerprint density at radius 3 is 2.33 bits per heavy atom. The van der Waals surface area contributed by atoms with Crippen LogP contribution in [0.2, 0.25) is 0 Å². The summed E-state index contributed by atoms with van der Waals surface area (Å²) in [5, 5.41) is 4.32. The van der Waals surface area contributed by atoms with Crippen LogP contribution in [0.25, 0.3) is 5.69 Å². The van der Waals surface area contributed by atoms with E-state index in [1.54, 1.807) is 0 Å². The second-order valence-corrected chi connectivity index (χ2v) is 5.38. The molecule has 2 aromatic rings. The van der Waals surface area contributed by atoms with E-state index in [0.717, 1.165) is 11.4 Å². The molecule has 1 aliphatic rings. The first-order chi connectivity index (χ1) is 8.63. The zero-order chi connectivity index (χ0) is 12.8. The van der Waals surface area contributed by atoms with Gasteiger partial charge in [0.2, 0.25) is 0 Å². The van der Waals surface area contributed by atoms with Crippen LogP contribution in [-0.4, -0.2) is 15.8 Å². The summed E-state index contributed by atoms with van der Waals surface area (Å²) in [4.78, 5) is 0. The molecule has 0 amide bonds. The molecular weight excluding hydrogens is 222 g/mol. The summed E-state index contributed by atoms with van der Waals surface area (Å²) in [5.74, 6) is 0. The van der Waals surface area contributed by atoms with Crippen molar-refractivity contribution in [2.45, 2.75) is 38.1 Å². The first-order valence-electron chi connectivity index (χ1n) is 6.51. The predicted molar refractivity (Wildman–Crippen MR) is 72.9 cm³/mol. The number of nitrogens with two attached hydrogens (primary N) is 1. The van der Waals surface area contributed by atoms with Gasteiger partial charge in [0.25, 0.3) is 0 Å². The molecule has 3 nitrogen and oxygen atoms in total. The summed E-state index contributed by atoms with van der Waals surface area (Å²) in [6, 6.07) is 10.9. The average Bonchev–Trinajstić information content (AvgIpc) is 3.08. The van der Waals surface area contributed by atoms with Crippen molar-refractivity contribution in [3.05, 3.63) is 47.8 Å². The van der Waals surface area contributed by atoms with E-state index in [1.807, 2.05) is 16.9 Å². The van der Waals surface area contributed by atoms with Crippen LogP contribution < -0.4 is 5.73 Å². The van der Waals surface area contributed by atoms with Crippen LogP contribution in [0.15, 0.2) is 36.5 Å². The molecule has 1 saturated carbocycles. The molecule has 0 aliphatic heterocycles. The summed E-state index contributed by atoms with van der Waals surface area (Å²) < 4.78 is 1.95. The van der Waals surface area contributed by atoms with Gasteiger partial charge in [-0.25, -0.2) is 4.68 Å². The predicted octanol–water partition coefficient (Wildman–Crippen LogP) is 2.56. The van der Waals surface area contributed by atoms with Crippen molar-refractivity contribution in [3.63, 3.8) is 0 Å². The van der Waals surface area contributed by atoms with Gasteiger partial charge in [0, 0.05) is 23.3 Å². The van der Waals surface area contributed by atoms with E-state index in [1.165, 1.54) is 18.4 Å². The van der Waals surface area contributed by atoms with E-state index in [-0.39, 0.29) is 11.5 Å². The molecule has 0 saturated heterocycles. The van der Waals surface area contributed by atoms with Crippen molar-refractivity contribution in [2.24, 2.45) is 5.73 Å². The fourth-order valence-electron chi connectivity index (χ4n) is 2.72. The molecule has 1 atom stereocenters. The molecule has 0 bridgehead atoms. The van der Waals surface area contributed by atoms with Crippen LogP contribution in [-0.2, 0) is 5.41 Å². The molecule has 1 fully saturated rings. The maximum Gasteiger partial charge on any atom is 0.0648 e. The molecule has 0 spiro atoms. The van der Waals surface area contributed by atoms with Crippen LogP contribution >= 0.6 is 0 Å². The number of rotatable bonds is 3. The highest BCUT2D eigenvalue weighted by Gasteiger charge is 2.47. The van der Waals surface area contributed by atoms with Crippen molar-refractivity contribution in [2.75, 3.05) is 0 Å². The topological polar surface area (TPSA) is 43.8 Å². The maximum atomic E-state index is 6.10. The largest absolute Gasteiger partial charge is 0.327 e. The molecule has 1 aromatic carbocycles.